The molecule has 0 radical (unpaired) electrons. The molecule has 0 spiro atoms. The molecule has 4 rings (SSSR count). The zero-order valence-electron chi connectivity index (χ0n) is 21.9. The topological polar surface area (TPSA) is 95.2 Å². The van der Waals surface area contributed by atoms with Gasteiger partial charge in [-0.15, -0.1) is 0 Å². The summed E-state index contributed by atoms with van der Waals surface area (Å²) in [5, 5.41) is 5.04. The summed E-state index contributed by atoms with van der Waals surface area (Å²) in [6, 6.07) is 7.20. The average molecular weight is 729 g/mol. The van der Waals surface area contributed by atoms with Crippen molar-refractivity contribution in [3.8, 4) is 11.5 Å². The molecule has 2 aromatic carbocycles. The fourth-order valence-corrected chi connectivity index (χ4v) is 5.33. The highest BCUT2D eigenvalue weighted by molar-refractivity contribution is 9.13. The van der Waals surface area contributed by atoms with Crippen molar-refractivity contribution < 1.29 is 19.0 Å². The molecule has 0 saturated carbocycles. The standard InChI is InChI=1S/C27H29Br3N4O5/c1-4-16(3)26-32-20-7-6-18(28)13-19(20)27(36)34(26)31-14-17-12-21(38-5-2)25(24(30)23(17)29)39-15-22(35)33-8-10-37-11-9-33/h6-7,12-14,16H,4-5,8-11,15H2,1-3H3/t16-/m1/s1. The van der Waals surface area contributed by atoms with Crippen LogP contribution in [-0.4, -0.2) is 66.2 Å². The molecular weight excluding hydrogens is 700 g/mol. The van der Waals surface area contributed by atoms with Crippen LogP contribution < -0.4 is 15.0 Å². The molecule has 9 nitrogen and oxygen atoms in total. The molecule has 0 unspecified atom stereocenters. The minimum atomic E-state index is -0.255. The Labute approximate surface area is 251 Å². The van der Waals surface area contributed by atoms with Crippen LogP contribution in [0.1, 0.15) is 44.5 Å². The van der Waals surface area contributed by atoms with E-state index in [4.69, 9.17) is 19.2 Å². The first kappa shape index (κ1) is 29.7. The van der Waals surface area contributed by atoms with Crippen LogP contribution in [0, 0.1) is 0 Å². The molecular formula is C27H29Br3N4O5. The molecule has 1 aliphatic heterocycles. The molecule has 1 amide bonds. The lowest BCUT2D eigenvalue weighted by molar-refractivity contribution is -0.137. The minimum Gasteiger partial charge on any atom is -0.490 e. The number of halogens is 3. The SMILES string of the molecule is CCOc1cc(C=Nn2c([C@H](C)CC)nc3ccc(Br)cc3c2=O)c(Br)c(Br)c1OCC(=O)N1CCOCC1. The summed E-state index contributed by atoms with van der Waals surface area (Å²) in [6.45, 7) is 8.30. The number of hydrogen-bond acceptors (Lipinski definition) is 7. The molecule has 0 bridgehead atoms. The molecule has 0 aliphatic carbocycles. The number of rotatable bonds is 9. The van der Waals surface area contributed by atoms with E-state index in [1.165, 1.54) is 4.68 Å². The molecule has 0 N–H and O–H groups in total. The van der Waals surface area contributed by atoms with Crippen molar-refractivity contribution in [1.29, 1.82) is 0 Å². The van der Waals surface area contributed by atoms with E-state index in [1.54, 1.807) is 23.2 Å². The Bertz CT molecular complexity index is 1450. The maximum absolute atomic E-state index is 13.5. The molecule has 3 aromatic rings. The van der Waals surface area contributed by atoms with E-state index in [2.05, 4.69) is 52.9 Å². The highest BCUT2D eigenvalue weighted by atomic mass is 79.9. The van der Waals surface area contributed by atoms with Gasteiger partial charge in [-0.3, -0.25) is 9.59 Å². The fourth-order valence-electron chi connectivity index (χ4n) is 4.03. The van der Waals surface area contributed by atoms with Crippen LogP contribution in [0.15, 0.2) is 47.6 Å². The van der Waals surface area contributed by atoms with Gasteiger partial charge in [-0.05, 0) is 69.5 Å². The van der Waals surface area contributed by atoms with Crippen molar-refractivity contribution in [2.75, 3.05) is 39.5 Å². The van der Waals surface area contributed by atoms with E-state index >= 15 is 0 Å². The monoisotopic (exact) mass is 726 g/mol. The first-order chi connectivity index (χ1) is 18.7. The molecule has 1 aliphatic rings. The highest BCUT2D eigenvalue weighted by Crippen LogP contribution is 2.42. The second-order valence-electron chi connectivity index (χ2n) is 8.94. The van der Waals surface area contributed by atoms with Gasteiger partial charge in [0.25, 0.3) is 11.5 Å². The van der Waals surface area contributed by atoms with Crippen LogP contribution in [-0.2, 0) is 9.53 Å². The predicted octanol–water partition coefficient (Wildman–Crippen LogP) is 5.72. The third-order valence-electron chi connectivity index (χ3n) is 6.36. The molecule has 12 heteroatoms. The third-order valence-corrected chi connectivity index (χ3v) is 8.99. The summed E-state index contributed by atoms with van der Waals surface area (Å²) in [6.07, 6.45) is 2.38. The third kappa shape index (κ3) is 6.72. The van der Waals surface area contributed by atoms with Gasteiger partial charge in [0.2, 0.25) is 0 Å². The van der Waals surface area contributed by atoms with Crippen molar-refractivity contribution >= 4 is 70.8 Å². The number of ether oxygens (including phenoxy) is 3. The number of benzene rings is 2. The van der Waals surface area contributed by atoms with Gasteiger partial charge in [0.05, 0.1) is 41.4 Å². The van der Waals surface area contributed by atoms with Crippen LogP contribution in [0.3, 0.4) is 0 Å². The summed E-state index contributed by atoms with van der Waals surface area (Å²) in [5.74, 6) is 1.31. The first-order valence-corrected chi connectivity index (χ1v) is 15.0. The molecule has 1 fully saturated rings. The first-order valence-electron chi connectivity index (χ1n) is 12.6. The van der Waals surface area contributed by atoms with Crippen LogP contribution in [0.5, 0.6) is 11.5 Å². The van der Waals surface area contributed by atoms with Gasteiger partial charge in [0.15, 0.2) is 18.1 Å². The van der Waals surface area contributed by atoms with E-state index < -0.39 is 0 Å². The van der Waals surface area contributed by atoms with E-state index in [-0.39, 0.29) is 24.0 Å². The summed E-state index contributed by atoms with van der Waals surface area (Å²) in [4.78, 5) is 32.6. The van der Waals surface area contributed by atoms with Gasteiger partial charge in [0, 0.05) is 33.5 Å². The zero-order valence-corrected chi connectivity index (χ0v) is 26.6. The van der Waals surface area contributed by atoms with Crippen LogP contribution in [0.4, 0.5) is 0 Å². The number of morpholine rings is 1. The molecule has 2 heterocycles. The fraction of sp³-hybridized carbons (Fsp3) is 0.407. The quantitative estimate of drug-likeness (QED) is 0.262. The number of amides is 1. The Morgan fingerprint density at radius 2 is 1.90 bits per heavy atom. The van der Waals surface area contributed by atoms with Gasteiger partial charge in [-0.1, -0.05) is 29.8 Å². The van der Waals surface area contributed by atoms with Crippen molar-refractivity contribution in [3.63, 3.8) is 0 Å². The second kappa shape index (κ2) is 13.4. The van der Waals surface area contributed by atoms with E-state index in [9.17, 15) is 9.59 Å². The maximum Gasteiger partial charge on any atom is 0.282 e. The predicted molar refractivity (Wildman–Crippen MR) is 161 cm³/mol. The van der Waals surface area contributed by atoms with Crippen LogP contribution >= 0.6 is 47.8 Å². The van der Waals surface area contributed by atoms with E-state index in [1.807, 2.05) is 32.9 Å². The molecule has 1 saturated heterocycles. The molecule has 39 heavy (non-hydrogen) atoms. The normalized spacial score (nSPS) is 14.7. The zero-order chi connectivity index (χ0) is 28.1. The maximum atomic E-state index is 13.5. The number of carbonyl (C=O) groups is 1. The molecule has 1 atom stereocenters. The lowest BCUT2D eigenvalue weighted by Crippen LogP contribution is -2.43. The van der Waals surface area contributed by atoms with E-state index in [0.717, 1.165) is 10.9 Å². The Balaban J connectivity index is 1.70. The van der Waals surface area contributed by atoms with Crippen LogP contribution in [0.2, 0.25) is 0 Å². The lowest BCUT2D eigenvalue weighted by atomic mass is 10.1. The van der Waals surface area contributed by atoms with Crippen molar-refractivity contribution in [1.82, 2.24) is 14.6 Å². The van der Waals surface area contributed by atoms with Gasteiger partial charge in [-0.25, -0.2) is 4.98 Å². The summed E-state index contributed by atoms with van der Waals surface area (Å²) in [5.41, 5.74) is 1.02. The summed E-state index contributed by atoms with van der Waals surface area (Å²) < 4.78 is 20.4. The van der Waals surface area contributed by atoms with Gasteiger partial charge >= 0.3 is 0 Å². The van der Waals surface area contributed by atoms with E-state index in [0.29, 0.717) is 75.6 Å². The number of carbonyl (C=O) groups excluding carboxylic acids is 1. The summed E-state index contributed by atoms with van der Waals surface area (Å²) >= 11 is 10.6. The largest absolute Gasteiger partial charge is 0.490 e. The van der Waals surface area contributed by atoms with Crippen molar-refractivity contribution in [2.24, 2.45) is 5.10 Å². The second-order valence-corrected chi connectivity index (χ2v) is 11.4. The molecule has 208 valence electrons. The number of nitrogens with zero attached hydrogens (tertiary/aromatic N) is 4. The lowest BCUT2D eigenvalue weighted by Gasteiger charge is -2.27. The smallest absolute Gasteiger partial charge is 0.282 e. The van der Waals surface area contributed by atoms with Crippen molar-refractivity contribution in [3.05, 3.63) is 59.4 Å². The molecule has 1 aromatic heterocycles. The number of fused-ring (bicyclic) bond motifs is 1. The Morgan fingerprint density at radius 3 is 2.59 bits per heavy atom. The Kier molecular flexibility index (Phi) is 10.2. The van der Waals surface area contributed by atoms with Gasteiger partial charge in [0.1, 0.15) is 5.82 Å². The van der Waals surface area contributed by atoms with Crippen molar-refractivity contribution in [2.45, 2.75) is 33.1 Å². The van der Waals surface area contributed by atoms with Crippen LogP contribution in [0.25, 0.3) is 10.9 Å². The Morgan fingerprint density at radius 1 is 1.15 bits per heavy atom. The minimum absolute atomic E-state index is 0.0110. The number of hydrogen-bond donors (Lipinski definition) is 0. The summed E-state index contributed by atoms with van der Waals surface area (Å²) in [7, 11) is 0. The average Bonchev–Trinajstić information content (AvgIpc) is 2.94. The van der Waals surface area contributed by atoms with Gasteiger partial charge < -0.3 is 19.1 Å². The van der Waals surface area contributed by atoms with Gasteiger partial charge in [-0.2, -0.15) is 9.78 Å². The number of aromatic nitrogens is 2. The Hall–Kier alpha value is -2.28. The highest BCUT2D eigenvalue weighted by Gasteiger charge is 2.22.